The van der Waals surface area contributed by atoms with Crippen LogP contribution in [0.1, 0.15) is 18.4 Å². The summed E-state index contributed by atoms with van der Waals surface area (Å²) in [4.78, 5) is 27.5. The van der Waals surface area contributed by atoms with E-state index in [1.54, 1.807) is 18.5 Å². The third-order valence-electron chi connectivity index (χ3n) is 5.04. The van der Waals surface area contributed by atoms with Crippen LogP contribution >= 0.6 is 0 Å². The Bertz CT molecular complexity index is 899. The summed E-state index contributed by atoms with van der Waals surface area (Å²) in [6.07, 6.45) is 5.90. The predicted molar refractivity (Wildman–Crippen MR) is 103 cm³/mol. The van der Waals surface area contributed by atoms with E-state index in [9.17, 15) is 9.00 Å². The number of anilines is 2. The number of likely N-dealkylation sites (tertiary alicyclic amines) is 1. The molecule has 1 fully saturated rings. The van der Waals surface area contributed by atoms with Crippen molar-refractivity contribution in [3.63, 3.8) is 0 Å². The van der Waals surface area contributed by atoms with Crippen molar-refractivity contribution in [1.82, 2.24) is 19.9 Å². The Morgan fingerprint density at radius 1 is 1.21 bits per heavy atom. The molecule has 2 aliphatic heterocycles. The molecule has 0 spiro atoms. The first-order chi connectivity index (χ1) is 13.5. The Hall–Kier alpha value is -2.75. The van der Waals surface area contributed by atoms with E-state index in [0.29, 0.717) is 36.8 Å². The van der Waals surface area contributed by atoms with Gasteiger partial charge in [-0.25, -0.2) is 19.7 Å². The quantitative estimate of drug-likeness (QED) is 0.823. The van der Waals surface area contributed by atoms with E-state index >= 15 is 0 Å². The SMILES string of the molecule is CS(=O)c1ccc(N2CCc3c(OC4CCN(C(=O)O)CC4)ncnc32)cn1. The average Bonchev–Trinajstić information content (AvgIpc) is 3.13. The van der Waals surface area contributed by atoms with Gasteiger partial charge in [-0.3, -0.25) is 4.21 Å². The number of rotatable bonds is 4. The third-order valence-corrected chi connectivity index (χ3v) is 5.87. The Balaban J connectivity index is 1.50. The maximum Gasteiger partial charge on any atom is 0.407 e. The lowest BCUT2D eigenvalue weighted by molar-refractivity contribution is 0.0865. The van der Waals surface area contributed by atoms with Crippen molar-refractivity contribution >= 4 is 28.4 Å². The molecule has 1 saturated heterocycles. The number of hydrogen-bond acceptors (Lipinski definition) is 7. The molecule has 0 saturated carbocycles. The molecule has 0 radical (unpaired) electrons. The first-order valence-electron chi connectivity index (χ1n) is 9.08. The van der Waals surface area contributed by atoms with Crippen molar-refractivity contribution in [3.8, 4) is 5.88 Å². The smallest absolute Gasteiger partial charge is 0.407 e. The first kappa shape index (κ1) is 18.6. The van der Waals surface area contributed by atoms with Crippen LogP contribution in [0.15, 0.2) is 29.7 Å². The van der Waals surface area contributed by atoms with E-state index in [-0.39, 0.29) is 6.10 Å². The highest BCUT2D eigenvalue weighted by Crippen LogP contribution is 2.37. The van der Waals surface area contributed by atoms with Crippen molar-refractivity contribution in [3.05, 3.63) is 30.2 Å². The number of amides is 1. The third kappa shape index (κ3) is 3.64. The molecule has 1 atom stereocenters. The maximum absolute atomic E-state index is 11.5. The van der Waals surface area contributed by atoms with Crippen molar-refractivity contribution in [1.29, 1.82) is 0 Å². The highest BCUT2D eigenvalue weighted by molar-refractivity contribution is 7.84. The molecule has 9 nitrogen and oxygen atoms in total. The lowest BCUT2D eigenvalue weighted by atomic mass is 10.1. The lowest BCUT2D eigenvalue weighted by Gasteiger charge is -2.30. The molecule has 4 rings (SSSR count). The predicted octanol–water partition coefficient (Wildman–Crippen LogP) is 1.82. The van der Waals surface area contributed by atoms with E-state index in [2.05, 4.69) is 15.0 Å². The number of nitrogens with zero attached hydrogens (tertiary/aromatic N) is 5. The van der Waals surface area contributed by atoms with E-state index in [1.165, 1.54) is 11.2 Å². The second-order valence-electron chi connectivity index (χ2n) is 6.78. The molecular formula is C18H21N5O4S. The fraction of sp³-hybridized carbons (Fsp3) is 0.444. The Morgan fingerprint density at radius 3 is 2.64 bits per heavy atom. The molecule has 1 amide bonds. The molecule has 2 aliphatic rings. The van der Waals surface area contributed by atoms with Gasteiger partial charge in [-0.05, 0) is 18.6 Å². The number of ether oxygens (including phenoxy) is 1. The van der Waals surface area contributed by atoms with Gasteiger partial charge in [0.25, 0.3) is 0 Å². The number of piperidine rings is 1. The van der Waals surface area contributed by atoms with Gasteiger partial charge in [0.1, 0.15) is 23.3 Å². The van der Waals surface area contributed by atoms with Crippen molar-refractivity contribution in [2.75, 3.05) is 30.8 Å². The molecule has 148 valence electrons. The minimum atomic E-state index is -1.11. The van der Waals surface area contributed by atoms with Crippen LogP contribution in [0.4, 0.5) is 16.3 Å². The molecule has 0 aliphatic carbocycles. The largest absolute Gasteiger partial charge is 0.474 e. The summed E-state index contributed by atoms with van der Waals surface area (Å²) in [5.41, 5.74) is 1.83. The zero-order valence-corrected chi connectivity index (χ0v) is 16.3. The normalized spacial score (nSPS) is 18.0. The molecule has 28 heavy (non-hydrogen) atoms. The van der Waals surface area contributed by atoms with Gasteiger partial charge < -0.3 is 19.6 Å². The van der Waals surface area contributed by atoms with Crippen molar-refractivity contribution < 1.29 is 18.8 Å². The highest BCUT2D eigenvalue weighted by Gasteiger charge is 2.29. The van der Waals surface area contributed by atoms with Crippen molar-refractivity contribution in [2.24, 2.45) is 0 Å². The fourth-order valence-corrected chi connectivity index (χ4v) is 4.01. The van der Waals surface area contributed by atoms with Crippen molar-refractivity contribution in [2.45, 2.75) is 30.4 Å². The second kappa shape index (κ2) is 7.70. The number of hydrogen-bond donors (Lipinski definition) is 1. The number of aromatic nitrogens is 3. The number of fused-ring (bicyclic) bond motifs is 1. The Morgan fingerprint density at radius 2 is 2.00 bits per heavy atom. The fourth-order valence-electron chi connectivity index (χ4n) is 3.55. The minimum Gasteiger partial charge on any atom is -0.474 e. The molecule has 4 heterocycles. The highest BCUT2D eigenvalue weighted by atomic mass is 32.2. The Labute approximate surface area is 164 Å². The zero-order valence-electron chi connectivity index (χ0n) is 15.4. The van der Waals surface area contributed by atoms with Gasteiger partial charge in [-0.2, -0.15) is 0 Å². The van der Waals surface area contributed by atoms with Gasteiger partial charge in [-0.1, -0.05) is 0 Å². The van der Waals surface area contributed by atoms with E-state index < -0.39 is 16.9 Å². The van der Waals surface area contributed by atoms with Gasteiger partial charge in [0.2, 0.25) is 5.88 Å². The minimum absolute atomic E-state index is 0.0517. The Kier molecular flexibility index (Phi) is 5.12. The van der Waals surface area contributed by atoms with Crippen LogP contribution in [0.3, 0.4) is 0 Å². The van der Waals surface area contributed by atoms with Gasteiger partial charge >= 0.3 is 6.09 Å². The van der Waals surface area contributed by atoms with Gasteiger partial charge in [-0.15, -0.1) is 0 Å². The lowest BCUT2D eigenvalue weighted by Crippen LogP contribution is -2.41. The van der Waals surface area contributed by atoms with Crippen LogP contribution in [-0.2, 0) is 17.2 Å². The van der Waals surface area contributed by atoms with E-state index in [1.807, 2.05) is 11.0 Å². The summed E-state index contributed by atoms with van der Waals surface area (Å²) >= 11 is 0. The summed E-state index contributed by atoms with van der Waals surface area (Å²) in [6, 6.07) is 3.65. The molecule has 1 N–H and O–H groups in total. The molecule has 1 unspecified atom stereocenters. The van der Waals surface area contributed by atoms with Crippen LogP contribution in [0.25, 0.3) is 0 Å². The maximum atomic E-state index is 11.5. The van der Waals surface area contributed by atoms with Crippen LogP contribution in [0.5, 0.6) is 5.88 Å². The zero-order chi connectivity index (χ0) is 19.7. The van der Waals surface area contributed by atoms with Crippen LogP contribution < -0.4 is 9.64 Å². The first-order valence-corrected chi connectivity index (χ1v) is 10.6. The van der Waals surface area contributed by atoms with Crippen LogP contribution in [0, 0.1) is 0 Å². The summed E-state index contributed by atoms with van der Waals surface area (Å²) in [7, 11) is -1.11. The number of carboxylic acid groups (broad SMARTS) is 1. The summed E-state index contributed by atoms with van der Waals surface area (Å²) in [6.45, 7) is 1.67. The second-order valence-corrected chi connectivity index (χ2v) is 8.10. The van der Waals surface area contributed by atoms with Gasteiger partial charge in [0, 0.05) is 38.7 Å². The molecule has 0 bridgehead atoms. The van der Waals surface area contributed by atoms with Gasteiger partial charge in [0.15, 0.2) is 0 Å². The van der Waals surface area contributed by atoms with E-state index in [4.69, 9.17) is 9.84 Å². The summed E-state index contributed by atoms with van der Waals surface area (Å²) < 4.78 is 17.6. The molecule has 2 aromatic rings. The van der Waals surface area contributed by atoms with E-state index in [0.717, 1.165) is 30.0 Å². The monoisotopic (exact) mass is 403 g/mol. The van der Waals surface area contributed by atoms with Crippen LogP contribution in [0.2, 0.25) is 0 Å². The molecule has 0 aromatic carbocycles. The summed E-state index contributed by atoms with van der Waals surface area (Å²) in [5, 5.41) is 9.61. The van der Waals surface area contributed by atoms with Crippen LogP contribution in [-0.4, -0.2) is 67.3 Å². The average molecular weight is 403 g/mol. The topological polar surface area (TPSA) is 109 Å². The standard InChI is InChI=1S/C18H21N5O4S/c1-28(26)15-3-2-12(10-19-15)23-9-6-14-16(23)20-11-21-17(14)27-13-4-7-22(8-5-13)18(24)25/h2-3,10-11,13H,4-9H2,1H3,(H,24,25). The number of carbonyl (C=O) groups is 1. The molecule has 2 aromatic heterocycles. The summed E-state index contributed by atoms with van der Waals surface area (Å²) in [5.74, 6) is 1.36. The van der Waals surface area contributed by atoms with Gasteiger partial charge in [0.05, 0.1) is 28.2 Å². The molecule has 10 heteroatoms. The molecular weight excluding hydrogens is 382 g/mol. The number of pyridine rings is 1.